The van der Waals surface area contributed by atoms with Gasteiger partial charge in [-0.1, -0.05) is 97.1 Å². The lowest BCUT2D eigenvalue weighted by Gasteiger charge is -2.10. The molecular formula is C25H22O2. The predicted molar refractivity (Wildman–Crippen MR) is 113 cm³/mol. The van der Waals surface area contributed by atoms with Crippen LogP contribution in [0.1, 0.15) is 38.2 Å². The zero-order chi connectivity index (χ0) is 19.1. The van der Waals surface area contributed by atoms with Crippen molar-refractivity contribution in [2.24, 2.45) is 0 Å². The minimum atomic E-state index is -0.338. The Morgan fingerprint density at radius 3 is 1.59 bits per heavy atom. The van der Waals surface area contributed by atoms with Gasteiger partial charge < -0.3 is 4.74 Å². The minimum absolute atomic E-state index is 0.338. The van der Waals surface area contributed by atoms with E-state index < -0.39 is 0 Å². The van der Waals surface area contributed by atoms with Gasteiger partial charge in [-0.3, -0.25) is 0 Å². The molecule has 3 rings (SSSR count). The molecule has 0 aliphatic carbocycles. The van der Waals surface area contributed by atoms with Crippen LogP contribution in [0.5, 0.6) is 0 Å². The average molecular weight is 354 g/mol. The predicted octanol–water partition coefficient (Wildman–Crippen LogP) is 6.12. The third-order valence-electron chi connectivity index (χ3n) is 4.24. The Balaban J connectivity index is 2.05. The van der Waals surface area contributed by atoms with Crippen molar-refractivity contribution in [2.75, 3.05) is 7.11 Å². The van der Waals surface area contributed by atoms with Gasteiger partial charge in [-0.2, -0.15) is 0 Å². The van der Waals surface area contributed by atoms with Gasteiger partial charge >= 0.3 is 5.97 Å². The molecule has 0 saturated carbocycles. The number of esters is 1. The number of carbonyl (C=O) groups excluding carboxylic acids is 1. The lowest BCUT2D eigenvalue weighted by atomic mass is 9.96. The maximum absolute atomic E-state index is 12.5. The molecule has 0 amide bonds. The first-order chi connectivity index (χ1) is 13.2. The zero-order valence-corrected chi connectivity index (χ0v) is 15.6. The van der Waals surface area contributed by atoms with Gasteiger partial charge in [-0.25, -0.2) is 4.79 Å². The lowest BCUT2D eigenvalue weighted by molar-refractivity contribution is 0.0600. The summed E-state index contributed by atoms with van der Waals surface area (Å²) >= 11 is 0. The van der Waals surface area contributed by atoms with Crippen LogP contribution in [0.4, 0.5) is 0 Å². The molecule has 27 heavy (non-hydrogen) atoms. The highest BCUT2D eigenvalue weighted by atomic mass is 16.5. The molecule has 0 aromatic heterocycles. The largest absolute Gasteiger partial charge is 0.465 e. The second-order valence-electron chi connectivity index (χ2n) is 6.30. The van der Waals surface area contributed by atoms with E-state index in [1.165, 1.54) is 7.11 Å². The molecular weight excluding hydrogens is 332 g/mol. The molecule has 0 spiro atoms. The standard InChI is InChI=1S/C25H22O2/c1-19-17-22(15-13-20-9-5-3-6-10-20)24(25(26)27-2)23(18-19)16-14-21-11-7-4-8-12-21/h3-18H,1-2H3/b15-13+,16-14+. The molecule has 0 atom stereocenters. The summed E-state index contributed by atoms with van der Waals surface area (Å²) in [6, 6.07) is 24.1. The Bertz CT molecular complexity index is 897. The van der Waals surface area contributed by atoms with E-state index in [1.807, 2.05) is 104 Å². The summed E-state index contributed by atoms with van der Waals surface area (Å²) < 4.78 is 5.05. The van der Waals surface area contributed by atoms with Crippen LogP contribution in [-0.2, 0) is 4.74 Å². The molecule has 0 fully saturated rings. The maximum atomic E-state index is 12.5. The fourth-order valence-electron chi connectivity index (χ4n) is 2.94. The van der Waals surface area contributed by atoms with E-state index >= 15 is 0 Å². The molecule has 0 aliphatic rings. The Morgan fingerprint density at radius 2 is 1.19 bits per heavy atom. The number of ether oxygens (including phenoxy) is 1. The Kier molecular flexibility index (Phi) is 6.01. The summed E-state index contributed by atoms with van der Waals surface area (Å²) in [6.45, 7) is 2.03. The van der Waals surface area contributed by atoms with Crippen molar-refractivity contribution in [2.45, 2.75) is 6.92 Å². The van der Waals surface area contributed by atoms with Gasteiger partial charge in [0.15, 0.2) is 0 Å². The van der Waals surface area contributed by atoms with Crippen LogP contribution >= 0.6 is 0 Å². The average Bonchev–Trinajstić information content (AvgIpc) is 2.71. The summed E-state index contributed by atoms with van der Waals surface area (Å²) in [6.07, 6.45) is 7.95. The number of rotatable bonds is 5. The van der Waals surface area contributed by atoms with Gasteiger partial charge in [0, 0.05) is 0 Å². The van der Waals surface area contributed by atoms with E-state index in [-0.39, 0.29) is 5.97 Å². The molecule has 134 valence electrons. The highest BCUT2D eigenvalue weighted by Crippen LogP contribution is 2.23. The van der Waals surface area contributed by atoms with Crippen LogP contribution in [0.2, 0.25) is 0 Å². The van der Waals surface area contributed by atoms with Crippen molar-refractivity contribution >= 4 is 30.3 Å². The molecule has 0 bridgehead atoms. The zero-order valence-electron chi connectivity index (χ0n) is 15.6. The molecule has 0 aliphatic heterocycles. The number of methoxy groups -OCH3 is 1. The van der Waals surface area contributed by atoms with Crippen LogP contribution < -0.4 is 0 Å². The van der Waals surface area contributed by atoms with Crippen LogP contribution in [0.25, 0.3) is 24.3 Å². The topological polar surface area (TPSA) is 26.3 Å². The lowest BCUT2D eigenvalue weighted by Crippen LogP contribution is -2.07. The molecule has 0 heterocycles. The van der Waals surface area contributed by atoms with Gasteiger partial charge in [-0.05, 0) is 34.7 Å². The third kappa shape index (κ3) is 4.83. The van der Waals surface area contributed by atoms with E-state index in [4.69, 9.17) is 4.74 Å². The maximum Gasteiger partial charge on any atom is 0.339 e. The monoisotopic (exact) mass is 354 g/mol. The SMILES string of the molecule is COC(=O)c1c(/C=C/c2ccccc2)cc(C)cc1/C=C/c1ccccc1. The molecule has 0 unspecified atom stereocenters. The first-order valence-corrected chi connectivity index (χ1v) is 8.86. The normalized spacial score (nSPS) is 11.2. The Labute approximate surface area is 160 Å². The van der Waals surface area contributed by atoms with Gasteiger partial charge in [0.05, 0.1) is 12.7 Å². The van der Waals surface area contributed by atoms with Crippen LogP contribution in [0.15, 0.2) is 72.8 Å². The first-order valence-electron chi connectivity index (χ1n) is 8.86. The fourth-order valence-corrected chi connectivity index (χ4v) is 2.94. The second kappa shape index (κ2) is 8.81. The van der Waals surface area contributed by atoms with E-state index in [0.29, 0.717) is 5.56 Å². The second-order valence-corrected chi connectivity index (χ2v) is 6.30. The summed E-state index contributed by atoms with van der Waals surface area (Å²) in [4.78, 5) is 12.5. The summed E-state index contributed by atoms with van der Waals surface area (Å²) in [5.74, 6) is -0.338. The van der Waals surface area contributed by atoms with Crippen molar-refractivity contribution in [3.63, 3.8) is 0 Å². The van der Waals surface area contributed by atoms with Gasteiger partial charge in [0.2, 0.25) is 0 Å². The van der Waals surface area contributed by atoms with Crippen LogP contribution in [-0.4, -0.2) is 13.1 Å². The summed E-state index contributed by atoms with van der Waals surface area (Å²) in [5, 5.41) is 0. The van der Waals surface area contributed by atoms with Crippen molar-refractivity contribution in [1.29, 1.82) is 0 Å². The van der Waals surface area contributed by atoms with Crippen molar-refractivity contribution in [3.05, 3.63) is 106 Å². The summed E-state index contributed by atoms with van der Waals surface area (Å²) in [7, 11) is 1.41. The number of benzene rings is 3. The Morgan fingerprint density at radius 1 is 0.741 bits per heavy atom. The number of aryl methyl sites for hydroxylation is 1. The van der Waals surface area contributed by atoms with Crippen molar-refractivity contribution in [1.82, 2.24) is 0 Å². The van der Waals surface area contributed by atoms with E-state index in [9.17, 15) is 4.79 Å². The summed E-state index contributed by atoms with van der Waals surface area (Å²) in [5.41, 5.74) is 5.51. The van der Waals surface area contributed by atoms with Crippen LogP contribution in [0, 0.1) is 6.92 Å². The first kappa shape index (κ1) is 18.4. The van der Waals surface area contributed by atoms with E-state index in [1.54, 1.807) is 0 Å². The molecule has 0 radical (unpaired) electrons. The third-order valence-corrected chi connectivity index (χ3v) is 4.24. The highest BCUT2D eigenvalue weighted by Gasteiger charge is 2.15. The van der Waals surface area contributed by atoms with Gasteiger partial charge in [-0.15, -0.1) is 0 Å². The Hall–Kier alpha value is -3.39. The van der Waals surface area contributed by atoms with Crippen molar-refractivity contribution < 1.29 is 9.53 Å². The van der Waals surface area contributed by atoms with E-state index in [0.717, 1.165) is 27.8 Å². The van der Waals surface area contributed by atoms with Gasteiger partial charge in [0.1, 0.15) is 0 Å². The minimum Gasteiger partial charge on any atom is -0.465 e. The molecule has 3 aromatic carbocycles. The molecule has 0 saturated heterocycles. The molecule has 3 aromatic rings. The highest BCUT2D eigenvalue weighted by molar-refractivity contribution is 5.99. The number of carbonyl (C=O) groups is 1. The quantitative estimate of drug-likeness (QED) is 0.407. The molecule has 2 nitrogen and oxygen atoms in total. The fraction of sp³-hybridized carbons (Fsp3) is 0.0800. The number of hydrogen-bond acceptors (Lipinski definition) is 2. The van der Waals surface area contributed by atoms with Crippen molar-refractivity contribution in [3.8, 4) is 0 Å². The van der Waals surface area contributed by atoms with Gasteiger partial charge in [0.25, 0.3) is 0 Å². The van der Waals surface area contributed by atoms with Crippen LogP contribution in [0.3, 0.4) is 0 Å². The molecule has 0 N–H and O–H groups in total. The smallest absolute Gasteiger partial charge is 0.339 e. The molecule has 2 heteroatoms. The number of hydrogen-bond donors (Lipinski definition) is 0. The van der Waals surface area contributed by atoms with E-state index in [2.05, 4.69) is 0 Å².